The normalized spacial score (nSPS) is 25.4. The van der Waals surface area contributed by atoms with Crippen LogP contribution in [-0.4, -0.2) is 24.1 Å². The summed E-state index contributed by atoms with van der Waals surface area (Å²) in [5.74, 6) is 0.132. The molecule has 16 heavy (non-hydrogen) atoms. The summed E-state index contributed by atoms with van der Waals surface area (Å²) in [7, 11) is 1.88. The fraction of sp³-hybridized carbons (Fsp3) is 0.583. The van der Waals surface area contributed by atoms with Crippen molar-refractivity contribution in [2.24, 2.45) is 5.73 Å². The Balaban J connectivity index is 2.17. The zero-order chi connectivity index (χ0) is 11.5. The number of hydrogen-bond donors (Lipinski definition) is 1. The van der Waals surface area contributed by atoms with Gasteiger partial charge < -0.3 is 10.6 Å². The van der Waals surface area contributed by atoms with Crippen LogP contribution >= 0.6 is 0 Å². The second kappa shape index (κ2) is 4.78. The molecule has 0 spiro atoms. The molecule has 2 unspecified atom stereocenters. The Labute approximate surface area is 95.5 Å². The number of nitrogens with two attached hydrogens (primary N) is 1. The van der Waals surface area contributed by atoms with Gasteiger partial charge in [-0.1, -0.05) is 12.8 Å². The van der Waals surface area contributed by atoms with Crippen molar-refractivity contribution in [2.45, 2.75) is 37.8 Å². The summed E-state index contributed by atoms with van der Waals surface area (Å²) in [5, 5.41) is 0. The molecule has 4 heteroatoms. The fourth-order valence-electron chi connectivity index (χ4n) is 2.41. The third-order valence-electron chi connectivity index (χ3n) is 3.35. The Bertz CT molecular complexity index is 356. The molecule has 1 aliphatic rings. The van der Waals surface area contributed by atoms with Gasteiger partial charge in [0, 0.05) is 25.3 Å². The maximum Gasteiger partial charge on any atom is 0.165 e. The van der Waals surface area contributed by atoms with E-state index in [1.54, 1.807) is 12.3 Å². The molecule has 1 saturated carbocycles. The van der Waals surface area contributed by atoms with Gasteiger partial charge in [-0.25, -0.2) is 9.37 Å². The highest BCUT2D eigenvalue weighted by atomic mass is 19.1. The highest BCUT2D eigenvalue weighted by molar-refractivity contribution is 5.40. The van der Waals surface area contributed by atoms with Crippen LogP contribution in [0.2, 0.25) is 0 Å². The van der Waals surface area contributed by atoms with Crippen LogP contribution < -0.4 is 10.6 Å². The summed E-state index contributed by atoms with van der Waals surface area (Å²) in [6.07, 6.45) is 5.99. The van der Waals surface area contributed by atoms with E-state index in [9.17, 15) is 4.39 Å². The Morgan fingerprint density at radius 2 is 2.19 bits per heavy atom. The smallest absolute Gasteiger partial charge is 0.165 e. The van der Waals surface area contributed by atoms with Crippen LogP contribution in [0.15, 0.2) is 18.3 Å². The summed E-state index contributed by atoms with van der Waals surface area (Å²) in [4.78, 5) is 5.97. The van der Waals surface area contributed by atoms with Crippen LogP contribution in [-0.2, 0) is 0 Å². The molecule has 88 valence electrons. The largest absolute Gasteiger partial charge is 0.353 e. The molecule has 0 aliphatic heterocycles. The van der Waals surface area contributed by atoms with Gasteiger partial charge in [-0.05, 0) is 25.0 Å². The topological polar surface area (TPSA) is 42.2 Å². The summed E-state index contributed by atoms with van der Waals surface area (Å²) in [6, 6.07) is 3.37. The molecule has 3 nitrogen and oxygen atoms in total. The van der Waals surface area contributed by atoms with Crippen LogP contribution in [0.3, 0.4) is 0 Å². The summed E-state index contributed by atoms with van der Waals surface area (Å²) < 4.78 is 13.6. The van der Waals surface area contributed by atoms with Gasteiger partial charge in [-0.2, -0.15) is 0 Å². The fourth-order valence-corrected chi connectivity index (χ4v) is 2.41. The van der Waals surface area contributed by atoms with E-state index in [0.717, 1.165) is 19.3 Å². The molecule has 2 N–H and O–H groups in total. The van der Waals surface area contributed by atoms with E-state index in [1.165, 1.54) is 12.5 Å². The van der Waals surface area contributed by atoms with Crippen molar-refractivity contribution >= 4 is 5.82 Å². The average molecular weight is 223 g/mol. The maximum absolute atomic E-state index is 13.6. The van der Waals surface area contributed by atoms with Crippen molar-refractivity contribution in [3.63, 3.8) is 0 Å². The molecular weight excluding hydrogens is 205 g/mol. The van der Waals surface area contributed by atoms with Crippen molar-refractivity contribution in [2.75, 3.05) is 11.9 Å². The van der Waals surface area contributed by atoms with Gasteiger partial charge in [0.15, 0.2) is 11.6 Å². The van der Waals surface area contributed by atoms with Gasteiger partial charge in [-0.3, -0.25) is 0 Å². The van der Waals surface area contributed by atoms with Crippen molar-refractivity contribution in [1.29, 1.82) is 0 Å². The standard InChI is InChI=1S/C12H18FN3/c1-16(11-7-3-2-6-10(11)14)12-9(13)5-4-8-15-12/h4-5,8,10-11H,2-3,6-7,14H2,1H3. The minimum Gasteiger partial charge on any atom is -0.353 e. The number of pyridine rings is 1. The zero-order valence-electron chi connectivity index (χ0n) is 9.56. The molecule has 0 bridgehead atoms. The van der Waals surface area contributed by atoms with E-state index in [-0.39, 0.29) is 17.9 Å². The lowest BCUT2D eigenvalue weighted by Crippen LogP contribution is -2.48. The Kier molecular flexibility index (Phi) is 3.39. The number of aromatic nitrogens is 1. The molecular formula is C12H18FN3. The molecule has 1 aliphatic carbocycles. The van der Waals surface area contributed by atoms with Crippen molar-refractivity contribution in [3.05, 3.63) is 24.1 Å². The van der Waals surface area contributed by atoms with Gasteiger partial charge in [-0.15, -0.1) is 0 Å². The molecule has 2 atom stereocenters. The van der Waals surface area contributed by atoms with E-state index < -0.39 is 0 Å². The Morgan fingerprint density at radius 1 is 1.44 bits per heavy atom. The van der Waals surface area contributed by atoms with Gasteiger partial charge in [0.05, 0.1) is 0 Å². The van der Waals surface area contributed by atoms with E-state index in [2.05, 4.69) is 4.98 Å². The lowest BCUT2D eigenvalue weighted by atomic mass is 9.90. The Hall–Kier alpha value is -1.16. The lowest BCUT2D eigenvalue weighted by molar-refractivity contribution is 0.370. The monoisotopic (exact) mass is 223 g/mol. The van der Waals surface area contributed by atoms with E-state index >= 15 is 0 Å². The predicted molar refractivity (Wildman–Crippen MR) is 62.8 cm³/mol. The highest BCUT2D eigenvalue weighted by Gasteiger charge is 2.27. The second-order valence-electron chi connectivity index (χ2n) is 4.44. The number of anilines is 1. The predicted octanol–water partition coefficient (Wildman–Crippen LogP) is 1.93. The third-order valence-corrected chi connectivity index (χ3v) is 3.35. The summed E-state index contributed by atoms with van der Waals surface area (Å²) in [6.45, 7) is 0. The van der Waals surface area contributed by atoms with E-state index in [1.807, 2.05) is 11.9 Å². The van der Waals surface area contributed by atoms with Crippen LogP contribution in [0, 0.1) is 5.82 Å². The van der Waals surface area contributed by atoms with Gasteiger partial charge >= 0.3 is 0 Å². The molecule has 1 aromatic rings. The first kappa shape index (κ1) is 11.3. The van der Waals surface area contributed by atoms with Crippen molar-refractivity contribution in [1.82, 2.24) is 4.98 Å². The van der Waals surface area contributed by atoms with Gasteiger partial charge in [0.25, 0.3) is 0 Å². The SMILES string of the molecule is CN(c1ncccc1F)C1CCCCC1N. The maximum atomic E-state index is 13.6. The number of likely N-dealkylation sites (N-methyl/N-ethyl adjacent to an activating group) is 1. The summed E-state index contributed by atoms with van der Waals surface area (Å²) >= 11 is 0. The molecule has 0 aromatic carbocycles. The minimum absolute atomic E-state index is 0.125. The number of hydrogen-bond acceptors (Lipinski definition) is 3. The lowest BCUT2D eigenvalue weighted by Gasteiger charge is -2.36. The molecule has 2 rings (SSSR count). The molecule has 0 amide bonds. The van der Waals surface area contributed by atoms with Crippen LogP contribution in [0.4, 0.5) is 10.2 Å². The highest BCUT2D eigenvalue weighted by Crippen LogP contribution is 2.25. The molecule has 0 saturated heterocycles. The van der Waals surface area contributed by atoms with Crippen LogP contribution in [0.25, 0.3) is 0 Å². The summed E-state index contributed by atoms with van der Waals surface area (Å²) in [5.41, 5.74) is 6.08. The molecule has 1 fully saturated rings. The van der Waals surface area contributed by atoms with Gasteiger partial charge in [0.1, 0.15) is 0 Å². The molecule has 0 radical (unpaired) electrons. The number of halogens is 1. The first-order chi connectivity index (χ1) is 7.70. The third kappa shape index (κ3) is 2.16. The van der Waals surface area contributed by atoms with E-state index in [0.29, 0.717) is 5.82 Å². The molecule has 1 heterocycles. The van der Waals surface area contributed by atoms with Crippen molar-refractivity contribution < 1.29 is 4.39 Å². The number of nitrogens with zero attached hydrogens (tertiary/aromatic N) is 2. The van der Waals surface area contributed by atoms with Crippen LogP contribution in [0.1, 0.15) is 25.7 Å². The van der Waals surface area contributed by atoms with Crippen molar-refractivity contribution in [3.8, 4) is 0 Å². The van der Waals surface area contributed by atoms with E-state index in [4.69, 9.17) is 5.73 Å². The van der Waals surface area contributed by atoms with Gasteiger partial charge in [0.2, 0.25) is 0 Å². The van der Waals surface area contributed by atoms with Crippen LogP contribution in [0.5, 0.6) is 0 Å². The average Bonchev–Trinajstić information content (AvgIpc) is 2.29. The first-order valence-corrected chi connectivity index (χ1v) is 5.79. The first-order valence-electron chi connectivity index (χ1n) is 5.79. The zero-order valence-corrected chi connectivity index (χ0v) is 9.56. The quantitative estimate of drug-likeness (QED) is 0.833. The second-order valence-corrected chi connectivity index (χ2v) is 4.44. The molecule has 1 aromatic heterocycles. The minimum atomic E-state index is -0.275. The Morgan fingerprint density at radius 3 is 2.88 bits per heavy atom. The number of rotatable bonds is 2.